The van der Waals surface area contributed by atoms with Crippen LogP contribution >= 0.6 is 0 Å². The Morgan fingerprint density at radius 3 is 1.80 bits per heavy atom. The number of ether oxygens (including phenoxy) is 4. The molecule has 15 heavy (non-hydrogen) atoms. The Balaban J connectivity index is 2.78. The van der Waals surface area contributed by atoms with E-state index >= 15 is 0 Å². The van der Waals surface area contributed by atoms with Crippen molar-refractivity contribution in [2.75, 3.05) is 14.2 Å². The highest BCUT2D eigenvalue weighted by Crippen LogP contribution is 2.21. The Morgan fingerprint density at radius 2 is 1.53 bits per heavy atom. The molecule has 0 radical (unpaired) electrons. The molecule has 0 saturated carbocycles. The minimum absolute atomic E-state index is 0.685. The molecule has 0 aliphatic carbocycles. The van der Waals surface area contributed by atoms with E-state index in [0.717, 1.165) is 0 Å². The Hall–Kier alpha value is -1.40. The predicted molar refractivity (Wildman–Crippen MR) is 47.8 cm³/mol. The molecular weight excluding hydrogens is 204 g/mol. The van der Waals surface area contributed by atoms with E-state index in [1.807, 2.05) is 0 Å². The van der Waals surface area contributed by atoms with E-state index in [-0.39, 0.29) is 0 Å². The summed E-state index contributed by atoms with van der Waals surface area (Å²) < 4.78 is 19.1. The van der Waals surface area contributed by atoms with Gasteiger partial charge in [-0.15, -0.1) is 0 Å². The molecule has 0 unspecified atom stereocenters. The van der Waals surface area contributed by atoms with Crippen LogP contribution in [0.4, 0.5) is 0 Å². The van der Waals surface area contributed by atoms with Crippen LogP contribution in [-0.4, -0.2) is 44.7 Å². The van der Waals surface area contributed by atoms with E-state index in [1.54, 1.807) is 0 Å². The first-order chi connectivity index (χ1) is 7.13. The molecule has 84 valence electrons. The van der Waals surface area contributed by atoms with Crippen LogP contribution < -0.4 is 0 Å². The third-order valence-electron chi connectivity index (χ3n) is 1.90. The molecule has 1 heterocycles. The minimum Gasteiger partial charge on any atom is -0.467 e. The molecule has 6 heteroatoms. The van der Waals surface area contributed by atoms with Crippen molar-refractivity contribution >= 4 is 11.9 Å². The molecular formula is C9H12O6. The molecule has 0 spiro atoms. The summed E-state index contributed by atoms with van der Waals surface area (Å²) in [4.78, 5) is 22.5. The summed E-state index contributed by atoms with van der Waals surface area (Å²) in [7, 11) is 2.39. The molecule has 0 aromatic carbocycles. The summed E-state index contributed by atoms with van der Waals surface area (Å²) in [6, 6.07) is 0. The number of carbonyl (C=O) groups is 2. The van der Waals surface area contributed by atoms with Gasteiger partial charge >= 0.3 is 11.9 Å². The van der Waals surface area contributed by atoms with Gasteiger partial charge in [-0.3, -0.25) is 0 Å². The zero-order valence-corrected chi connectivity index (χ0v) is 8.47. The summed E-state index contributed by atoms with van der Waals surface area (Å²) in [5.74, 6) is -1.37. The van der Waals surface area contributed by atoms with E-state index in [9.17, 15) is 9.59 Å². The van der Waals surface area contributed by atoms with Gasteiger partial charge in [-0.05, 0) is 6.08 Å². The van der Waals surface area contributed by atoms with Gasteiger partial charge in [0.15, 0.2) is 18.5 Å². The maximum Gasteiger partial charge on any atom is 0.338 e. The Labute approximate surface area is 86.7 Å². The summed E-state index contributed by atoms with van der Waals surface area (Å²) in [6.45, 7) is 3.43. The molecule has 1 rings (SSSR count). The topological polar surface area (TPSA) is 71.1 Å². The van der Waals surface area contributed by atoms with E-state index in [2.05, 4.69) is 16.1 Å². The third kappa shape index (κ3) is 2.34. The van der Waals surface area contributed by atoms with Gasteiger partial charge in [0.1, 0.15) is 0 Å². The van der Waals surface area contributed by atoms with Gasteiger partial charge in [0.2, 0.25) is 0 Å². The monoisotopic (exact) mass is 216 g/mol. The largest absolute Gasteiger partial charge is 0.467 e. The fourth-order valence-corrected chi connectivity index (χ4v) is 1.17. The SMILES string of the molecule is C=CC1O[C@@H](C(=O)OC)[C@H](C(=O)OC)O1. The first kappa shape index (κ1) is 11.7. The van der Waals surface area contributed by atoms with Gasteiger partial charge in [0, 0.05) is 0 Å². The van der Waals surface area contributed by atoms with E-state index in [1.165, 1.54) is 20.3 Å². The number of hydrogen-bond donors (Lipinski definition) is 0. The minimum atomic E-state index is -1.11. The normalized spacial score (nSPS) is 26.0. The Bertz CT molecular complexity index is 250. The fourth-order valence-electron chi connectivity index (χ4n) is 1.17. The van der Waals surface area contributed by atoms with Crippen molar-refractivity contribution in [3.63, 3.8) is 0 Å². The lowest BCUT2D eigenvalue weighted by molar-refractivity contribution is -0.160. The maximum absolute atomic E-state index is 11.2. The van der Waals surface area contributed by atoms with Crippen LogP contribution in [0.1, 0.15) is 0 Å². The second-order valence-corrected chi connectivity index (χ2v) is 2.76. The molecule has 0 aromatic heterocycles. The quantitative estimate of drug-likeness (QED) is 0.473. The highest BCUT2D eigenvalue weighted by atomic mass is 16.8. The van der Waals surface area contributed by atoms with Crippen molar-refractivity contribution in [3.8, 4) is 0 Å². The number of carbonyl (C=O) groups excluding carboxylic acids is 2. The number of rotatable bonds is 3. The highest BCUT2D eigenvalue weighted by Gasteiger charge is 2.45. The fraction of sp³-hybridized carbons (Fsp3) is 0.556. The van der Waals surface area contributed by atoms with E-state index in [0.29, 0.717) is 0 Å². The molecule has 1 aliphatic rings. The van der Waals surface area contributed by atoms with Crippen molar-refractivity contribution in [1.29, 1.82) is 0 Å². The van der Waals surface area contributed by atoms with Crippen LogP contribution in [0.25, 0.3) is 0 Å². The van der Waals surface area contributed by atoms with Crippen LogP contribution in [0.3, 0.4) is 0 Å². The third-order valence-corrected chi connectivity index (χ3v) is 1.90. The van der Waals surface area contributed by atoms with Gasteiger partial charge in [0.05, 0.1) is 14.2 Å². The lowest BCUT2D eigenvalue weighted by Gasteiger charge is -2.11. The second-order valence-electron chi connectivity index (χ2n) is 2.76. The van der Waals surface area contributed by atoms with Crippen molar-refractivity contribution < 1.29 is 28.5 Å². The van der Waals surface area contributed by atoms with Gasteiger partial charge < -0.3 is 18.9 Å². The van der Waals surface area contributed by atoms with Crippen LogP contribution in [0.2, 0.25) is 0 Å². The predicted octanol–water partition coefficient (Wildman–Crippen LogP) is -0.372. The lowest BCUT2D eigenvalue weighted by Crippen LogP contribution is -2.38. The van der Waals surface area contributed by atoms with Crippen LogP contribution in [0.5, 0.6) is 0 Å². The molecule has 1 fully saturated rings. The molecule has 0 N–H and O–H groups in total. The van der Waals surface area contributed by atoms with Gasteiger partial charge in [-0.2, -0.15) is 0 Å². The summed E-state index contributed by atoms with van der Waals surface area (Å²) in [5, 5.41) is 0. The smallest absolute Gasteiger partial charge is 0.338 e. The van der Waals surface area contributed by atoms with Crippen molar-refractivity contribution in [1.82, 2.24) is 0 Å². The van der Waals surface area contributed by atoms with Gasteiger partial charge in [-0.1, -0.05) is 6.58 Å². The van der Waals surface area contributed by atoms with Crippen LogP contribution in [0, 0.1) is 0 Å². The maximum atomic E-state index is 11.2. The van der Waals surface area contributed by atoms with E-state index in [4.69, 9.17) is 9.47 Å². The van der Waals surface area contributed by atoms with Gasteiger partial charge in [-0.25, -0.2) is 9.59 Å². The molecule has 0 aromatic rings. The molecule has 1 aliphatic heterocycles. The van der Waals surface area contributed by atoms with Crippen molar-refractivity contribution in [2.24, 2.45) is 0 Å². The lowest BCUT2D eigenvalue weighted by atomic mass is 10.2. The molecule has 1 saturated heterocycles. The first-order valence-electron chi connectivity index (χ1n) is 4.23. The summed E-state index contributed by atoms with van der Waals surface area (Å²) in [5.41, 5.74) is 0. The standard InChI is InChI=1S/C9H12O6/c1-4-5-14-6(8(10)12-2)7(15-5)9(11)13-3/h4-7H,1H2,2-3H3/t6-,7-/m1/s1. The van der Waals surface area contributed by atoms with Gasteiger partial charge in [0.25, 0.3) is 0 Å². The average Bonchev–Trinajstić information content (AvgIpc) is 2.70. The number of hydrogen-bond acceptors (Lipinski definition) is 6. The van der Waals surface area contributed by atoms with Crippen molar-refractivity contribution in [2.45, 2.75) is 18.5 Å². The van der Waals surface area contributed by atoms with Crippen LogP contribution in [0.15, 0.2) is 12.7 Å². The van der Waals surface area contributed by atoms with E-state index < -0.39 is 30.4 Å². The molecule has 2 atom stereocenters. The molecule has 0 amide bonds. The number of esters is 2. The average molecular weight is 216 g/mol. The Kier molecular flexibility index (Phi) is 3.81. The first-order valence-corrected chi connectivity index (χ1v) is 4.23. The van der Waals surface area contributed by atoms with Crippen molar-refractivity contribution in [3.05, 3.63) is 12.7 Å². The zero-order valence-electron chi connectivity index (χ0n) is 8.47. The molecule has 0 bridgehead atoms. The molecule has 6 nitrogen and oxygen atoms in total. The number of methoxy groups -OCH3 is 2. The summed E-state index contributed by atoms with van der Waals surface area (Å²) in [6.07, 6.45) is -1.69. The van der Waals surface area contributed by atoms with Crippen LogP contribution in [-0.2, 0) is 28.5 Å². The summed E-state index contributed by atoms with van der Waals surface area (Å²) >= 11 is 0. The Morgan fingerprint density at radius 1 is 1.13 bits per heavy atom. The zero-order chi connectivity index (χ0) is 11.4. The second kappa shape index (κ2) is 4.90. The highest BCUT2D eigenvalue weighted by molar-refractivity contribution is 5.86.